The molecule has 0 aromatic carbocycles. The third-order valence-electron chi connectivity index (χ3n) is 5.08. The van der Waals surface area contributed by atoms with E-state index in [2.05, 4.69) is 24.1 Å². The van der Waals surface area contributed by atoms with E-state index in [9.17, 15) is 0 Å². The summed E-state index contributed by atoms with van der Waals surface area (Å²) in [6.45, 7) is 7.21. The van der Waals surface area contributed by atoms with Crippen LogP contribution in [-0.2, 0) is 0 Å². The minimum atomic E-state index is 0.681. The first kappa shape index (κ1) is 12.0. The summed E-state index contributed by atoms with van der Waals surface area (Å²) >= 11 is 0. The zero-order valence-electron chi connectivity index (χ0n) is 11.5. The van der Waals surface area contributed by atoms with Gasteiger partial charge in [0.05, 0.1) is 0 Å². The van der Waals surface area contributed by atoms with Crippen LogP contribution in [0.4, 0.5) is 0 Å². The normalized spacial score (nSPS) is 44.8. The highest BCUT2D eigenvalue weighted by Gasteiger charge is 2.37. The molecule has 1 heterocycles. The maximum Gasteiger partial charge on any atom is 0.0169 e. The highest BCUT2D eigenvalue weighted by atomic mass is 15.2. The fraction of sp³-hybridized carbons (Fsp3) is 1.00. The summed E-state index contributed by atoms with van der Waals surface area (Å²) in [5.74, 6) is 2.20. The molecule has 17 heavy (non-hydrogen) atoms. The summed E-state index contributed by atoms with van der Waals surface area (Å²) in [6, 6.07) is 2.27. The molecule has 1 saturated heterocycles. The lowest BCUT2D eigenvalue weighted by atomic mass is 9.81. The topological polar surface area (TPSA) is 15.3 Å². The standard InChI is InChI=1S/C15H28N2/c1-11-9-17(10-12(2)16-11)15-5-3-4-14(8-15)13-6-7-13/h11-16H,3-10H2,1-2H3. The van der Waals surface area contributed by atoms with Crippen LogP contribution in [0.2, 0.25) is 0 Å². The van der Waals surface area contributed by atoms with Gasteiger partial charge in [-0.3, -0.25) is 4.90 Å². The van der Waals surface area contributed by atoms with Crippen LogP contribution in [-0.4, -0.2) is 36.1 Å². The van der Waals surface area contributed by atoms with Crippen molar-refractivity contribution in [3.63, 3.8) is 0 Å². The van der Waals surface area contributed by atoms with Crippen molar-refractivity contribution in [2.24, 2.45) is 11.8 Å². The average Bonchev–Trinajstić information content (AvgIpc) is 3.12. The highest BCUT2D eigenvalue weighted by molar-refractivity contribution is 4.92. The van der Waals surface area contributed by atoms with Gasteiger partial charge in [0, 0.05) is 31.2 Å². The van der Waals surface area contributed by atoms with Crippen molar-refractivity contribution in [2.75, 3.05) is 13.1 Å². The van der Waals surface area contributed by atoms with Crippen LogP contribution >= 0.6 is 0 Å². The molecular formula is C15H28N2. The maximum atomic E-state index is 3.65. The second-order valence-electron chi connectivity index (χ2n) is 6.84. The Morgan fingerprint density at radius 1 is 0.882 bits per heavy atom. The van der Waals surface area contributed by atoms with Gasteiger partial charge in [0.25, 0.3) is 0 Å². The molecule has 2 aliphatic carbocycles. The number of hydrogen-bond acceptors (Lipinski definition) is 2. The summed E-state index contributed by atoms with van der Waals surface area (Å²) in [5.41, 5.74) is 0. The molecule has 1 aliphatic heterocycles. The predicted octanol–water partition coefficient (Wildman–Crippen LogP) is 2.64. The average molecular weight is 236 g/mol. The minimum absolute atomic E-state index is 0.681. The summed E-state index contributed by atoms with van der Waals surface area (Å²) < 4.78 is 0. The Morgan fingerprint density at radius 3 is 2.24 bits per heavy atom. The first-order valence-electron chi connectivity index (χ1n) is 7.72. The monoisotopic (exact) mass is 236 g/mol. The number of nitrogens with zero attached hydrogens (tertiary/aromatic N) is 1. The molecule has 2 nitrogen and oxygen atoms in total. The largest absolute Gasteiger partial charge is 0.309 e. The molecule has 1 N–H and O–H groups in total. The minimum Gasteiger partial charge on any atom is -0.309 e. The summed E-state index contributed by atoms with van der Waals surface area (Å²) in [6.07, 6.45) is 9.04. The van der Waals surface area contributed by atoms with Crippen LogP contribution < -0.4 is 5.32 Å². The number of piperazine rings is 1. The first-order chi connectivity index (χ1) is 8.22. The summed E-state index contributed by atoms with van der Waals surface area (Å²) in [7, 11) is 0. The maximum absolute atomic E-state index is 3.65. The van der Waals surface area contributed by atoms with E-state index in [1.54, 1.807) is 0 Å². The van der Waals surface area contributed by atoms with E-state index in [1.165, 1.54) is 51.6 Å². The van der Waals surface area contributed by atoms with Gasteiger partial charge in [-0.25, -0.2) is 0 Å². The molecule has 0 bridgehead atoms. The highest BCUT2D eigenvalue weighted by Crippen LogP contribution is 2.44. The fourth-order valence-electron chi connectivity index (χ4n) is 4.20. The van der Waals surface area contributed by atoms with Crippen LogP contribution in [0, 0.1) is 11.8 Å². The van der Waals surface area contributed by atoms with Gasteiger partial charge in [-0.15, -0.1) is 0 Å². The van der Waals surface area contributed by atoms with Gasteiger partial charge in [-0.2, -0.15) is 0 Å². The van der Waals surface area contributed by atoms with E-state index in [0.717, 1.165) is 17.9 Å². The molecule has 0 radical (unpaired) electrons. The smallest absolute Gasteiger partial charge is 0.0169 e. The molecule has 4 atom stereocenters. The molecule has 3 fully saturated rings. The van der Waals surface area contributed by atoms with E-state index >= 15 is 0 Å². The third kappa shape index (κ3) is 2.85. The van der Waals surface area contributed by atoms with Crippen LogP contribution in [0.5, 0.6) is 0 Å². The van der Waals surface area contributed by atoms with Gasteiger partial charge in [-0.1, -0.05) is 12.8 Å². The van der Waals surface area contributed by atoms with Crippen LogP contribution in [0.15, 0.2) is 0 Å². The lowest BCUT2D eigenvalue weighted by molar-refractivity contribution is 0.0785. The molecule has 2 saturated carbocycles. The molecule has 98 valence electrons. The van der Waals surface area contributed by atoms with Crippen molar-refractivity contribution in [1.29, 1.82) is 0 Å². The van der Waals surface area contributed by atoms with Crippen LogP contribution in [0.25, 0.3) is 0 Å². The van der Waals surface area contributed by atoms with Crippen LogP contribution in [0.3, 0.4) is 0 Å². The van der Waals surface area contributed by atoms with Crippen molar-refractivity contribution >= 4 is 0 Å². The second kappa shape index (κ2) is 4.89. The van der Waals surface area contributed by atoms with Gasteiger partial charge in [0.1, 0.15) is 0 Å². The Balaban J connectivity index is 1.58. The third-order valence-corrected chi connectivity index (χ3v) is 5.08. The molecule has 0 aromatic rings. The van der Waals surface area contributed by atoms with Crippen molar-refractivity contribution < 1.29 is 0 Å². The predicted molar refractivity (Wildman–Crippen MR) is 72.1 cm³/mol. The van der Waals surface area contributed by atoms with Gasteiger partial charge in [0.15, 0.2) is 0 Å². The second-order valence-corrected chi connectivity index (χ2v) is 6.84. The molecule has 3 aliphatic rings. The molecular weight excluding hydrogens is 208 g/mol. The van der Waals surface area contributed by atoms with E-state index in [-0.39, 0.29) is 0 Å². The quantitative estimate of drug-likeness (QED) is 0.793. The van der Waals surface area contributed by atoms with Crippen molar-refractivity contribution in [1.82, 2.24) is 10.2 Å². The molecule has 0 aromatic heterocycles. The van der Waals surface area contributed by atoms with Gasteiger partial charge in [-0.05, 0) is 51.4 Å². The van der Waals surface area contributed by atoms with E-state index in [4.69, 9.17) is 0 Å². The van der Waals surface area contributed by atoms with E-state index in [0.29, 0.717) is 12.1 Å². The number of rotatable bonds is 2. The van der Waals surface area contributed by atoms with Gasteiger partial charge in [0.2, 0.25) is 0 Å². The Morgan fingerprint density at radius 2 is 1.59 bits per heavy atom. The lowest BCUT2D eigenvalue weighted by Gasteiger charge is -2.44. The Kier molecular flexibility index (Phi) is 3.45. The van der Waals surface area contributed by atoms with E-state index in [1.807, 2.05) is 0 Å². The Bertz CT molecular complexity index is 252. The molecule has 0 amide bonds. The number of nitrogens with one attached hydrogen (secondary N) is 1. The molecule has 0 spiro atoms. The molecule has 2 heteroatoms. The summed E-state index contributed by atoms with van der Waals surface area (Å²) in [5, 5.41) is 3.65. The summed E-state index contributed by atoms with van der Waals surface area (Å²) in [4.78, 5) is 2.79. The number of hydrogen-bond donors (Lipinski definition) is 1. The zero-order chi connectivity index (χ0) is 11.8. The van der Waals surface area contributed by atoms with Crippen molar-refractivity contribution in [3.05, 3.63) is 0 Å². The Labute approximate surface area is 106 Å². The van der Waals surface area contributed by atoms with Gasteiger partial charge < -0.3 is 5.32 Å². The fourth-order valence-corrected chi connectivity index (χ4v) is 4.20. The Hall–Kier alpha value is -0.0800. The molecule has 4 unspecified atom stereocenters. The van der Waals surface area contributed by atoms with Crippen molar-refractivity contribution in [2.45, 2.75) is 70.5 Å². The van der Waals surface area contributed by atoms with E-state index < -0.39 is 0 Å². The molecule has 3 rings (SSSR count). The van der Waals surface area contributed by atoms with Crippen molar-refractivity contribution in [3.8, 4) is 0 Å². The van der Waals surface area contributed by atoms with Gasteiger partial charge >= 0.3 is 0 Å². The van der Waals surface area contributed by atoms with Crippen LogP contribution in [0.1, 0.15) is 52.4 Å². The first-order valence-corrected chi connectivity index (χ1v) is 7.72. The SMILES string of the molecule is CC1CN(C2CCCC(C3CC3)C2)CC(C)N1. The zero-order valence-corrected chi connectivity index (χ0v) is 11.5. The lowest BCUT2D eigenvalue weighted by Crippen LogP contribution is -2.57.